The van der Waals surface area contributed by atoms with Crippen molar-refractivity contribution in [3.63, 3.8) is 0 Å². The molecule has 0 unspecified atom stereocenters. The zero-order valence-electron chi connectivity index (χ0n) is 17.3. The Balaban J connectivity index is 1.55. The molecule has 160 valence electrons. The van der Waals surface area contributed by atoms with Crippen LogP contribution in [0.3, 0.4) is 0 Å². The number of hydrogen-bond donors (Lipinski definition) is 3. The summed E-state index contributed by atoms with van der Waals surface area (Å²) in [4.78, 5) is 4.54. The number of sulfonamides is 1. The van der Waals surface area contributed by atoms with E-state index in [0.29, 0.717) is 19.0 Å². The van der Waals surface area contributed by atoms with Gasteiger partial charge in [-0.25, -0.2) is 18.1 Å². The zero-order chi connectivity index (χ0) is 21.4. The van der Waals surface area contributed by atoms with Crippen LogP contribution in [0.2, 0.25) is 0 Å². The van der Waals surface area contributed by atoms with E-state index in [0.717, 1.165) is 27.9 Å². The van der Waals surface area contributed by atoms with Gasteiger partial charge in [0.15, 0.2) is 5.96 Å². The van der Waals surface area contributed by atoms with Gasteiger partial charge < -0.3 is 15.1 Å². The van der Waals surface area contributed by atoms with Gasteiger partial charge in [0.05, 0.1) is 5.75 Å². The van der Waals surface area contributed by atoms with Crippen LogP contribution in [0.15, 0.2) is 64.0 Å². The quantitative estimate of drug-likeness (QED) is 0.360. The predicted molar refractivity (Wildman–Crippen MR) is 121 cm³/mol. The largest absolute Gasteiger partial charge is 0.459 e. The monoisotopic (exact) mass is 428 g/mol. The normalized spacial score (nSPS) is 12.3. The van der Waals surface area contributed by atoms with Crippen molar-refractivity contribution in [3.05, 3.63) is 71.5 Å². The zero-order valence-corrected chi connectivity index (χ0v) is 18.1. The fraction of sp³-hybridized carbons (Fsp3) is 0.318. The molecule has 3 aromatic rings. The molecule has 8 heteroatoms. The Labute approximate surface area is 177 Å². The fourth-order valence-electron chi connectivity index (χ4n) is 3.03. The van der Waals surface area contributed by atoms with Crippen LogP contribution in [0.1, 0.15) is 23.8 Å². The number of aliphatic imine (C=N–C) groups is 1. The molecule has 0 saturated carbocycles. The number of fused-ring (bicyclic) bond motifs is 1. The van der Waals surface area contributed by atoms with Crippen LogP contribution in [0.4, 0.5) is 0 Å². The van der Waals surface area contributed by atoms with Gasteiger partial charge in [-0.3, -0.25) is 0 Å². The van der Waals surface area contributed by atoms with Crippen molar-refractivity contribution in [1.29, 1.82) is 0 Å². The van der Waals surface area contributed by atoms with Crippen LogP contribution in [-0.2, 0) is 23.1 Å². The van der Waals surface area contributed by atoms with Gasteiger partial charge in [-0.05, 0) is 25.5 Å². The van der Waals surface area contributed by atoms with Gasteiger partial charge in [-0.2, -0.15) is 0 Å². The van der Waals surface area contributed by atoms with Crippen molar-refractivity contribution in [1.82, 2.24) is 15.4 Å². The lowest BCUT2D eigenvalue weighted by molar-refractivity contribution is 0.547. The molecule has 1 aromatic heterocycles. The third-order valence-corrected chi connectivity index (χ3v) is 6.00. The first-order chi connectivity index (χ1) is 14.5. The third-order valence-electron chi connectivity index (χ3n) is 4.67. The first-order valence-corrected chi connectivity index (χ1v) is 11.6. The molecule has 0 bridgehead atoms. The van der Waals surface area contributed by atoms with E-state index in [2.05, 4.69) is 20.3 Å². The molecule has 0 fully saturated rings. The summed E-state index contributed by atoms with van der Waals surface area (Å²) in [5.41, 5.74) is 2.83. The second kappa shape index (κ2) is 10.3. The molecule has 0 radical (unpaired) electrons. The van der Waals surface area contributed by atoms with E-state index in [-0.39, 0.29) is 18.8 Å². The van der Waals surface area contributed by atoms with E-state index in [1.54, 1.807) is 0 Å². The smallest absolute Gasteiger partial charge is 0.213 e. The van der Waals surface area contributed by atoms with Gasteiger partial charge in [-0.15, -0.1) is 0 Å². The van der Waals surface area contributed by atoms with Crippen molar-refractivity contribution in [2.75, 3.05) is 18.8 Å². The number of para-hydroxylation sites is 1. The molecular weight excluding hydrogens is 400 g/mol. The van der Waals surface area contributed by atoms with Crippen LogP contribution in [0.25, 0.3) is 11.0 Å². The second-order valence-electron chi connectivity index (χ2n) is 6.89. The molecule has 3 N–H and O–H groups in total. The lowest BCUT2D eigenvalue weighted by Crippen LogP contribution is -2.41. The van der Waals surface area contributed by atoms with E-state index in [1.807, 2.05) is 68.4 Å². The molecule has 1 heterocycles. The standard InChI is InChI=1S/C22H28N4O3S/c1-3-23-22(25-16-21-17(2)19-11-7-8-12-20(19)29-21)24-13-14-30(27,28)26-15-18-9-5-4-6-10-18/h4-12,26H,3,13-16H2,1-2H3,(H2,23,24,25). The molecule has 0 aliphatic carbocycles. The number of benzene rings is 2. The Morgan fingerprint density at radius 1 is 1.03 bits per heavy atom. The Kier molecular flexibility index (Phi) is 7.48. The highest BCUT2D eigenvalue weighted by Gasteiger charge is 2.12. The summed E-state index contributed by atoms with van der Waals surface area (Å²) in [6, 6.07) is 17.3. The third kappa shape index (κ3) is 6.08. The SMILES string of the molecule is CCNC(=NCc1oc2ccccc2c1C)NCCS(=O)(=O)NCc1ccccc1. The van der Waals surface area contributed by atoms with Crippen molar-refractivity contribution >= 4 is 27.0 Å². The molecule has 2 aromatic carbocycles. The van der Waals surface area contributed by atoms with E-state index in [1.165, 1.54) is 0 Å². The van der Waals surface area contributed by atoms with Crippen LogP contribution in [0, 0.1) is 6.92 Å². The number of nitrogens with one attached hydrogen (secondary N) is 3. The van der Waals surface area contributed by atoms with Gasteiger partial charge in [-0.1, -0.05) is 48.5 Å². The summed E-state index contributed by atoms with van der Waals surface area (Å²) >= 11 is 0. The Morgan fingerprint density at radius 2 is 1.77 bits per heavy atom. The number of guanidine groups is 1. The molecule has 30 heavy (non-hydrogen) atoms. The minimum absolute atomic E-state index is 0.0477. The van der Waals surface area contributed by atoms with E-state index >= 15 is 0 Å². The number of rotatable bonds is 9. The Morgan fingerprint density at radius 3 is 2.50 bits per heavy atom. The van der Waals surface area contributed by atoms with Crippen LogP contribution in [-0.4, -0.2) is 33.2 Å². The van der Waals surface area contributed by atoms with E-state index < -0.39 is 10.0 Å². The average molecular weight is 429 g/mol. The van der Waals surface area contributed by atoms with Gasteiger partial charge in [0, 0.05) is 30.6 Å². The summed E-state index contributed by atoms with van der Waals surface area (Å²) < 4.78 is 33.0. The highest BCUT2D eigenvalue weighted by molar-refractivity contribution is 7.89. The first-order valence-electron chi connectivity index (χ1n) is 9.99. The topological polar surface area (TPSA) is 95.7 Å². The van der Waals surface area contributed by atoms with Crippen LogP contribution >= 0.6 is 0 Å². The molecule has 0 amide bonds. The number of furan rings is 1. The highest BCUT2D eigenvalue weighted by atomic mass is 32.2. The van der Waals surface area contributed by atoms with Crippen molar-refractivity contribution < 1.29 is 12.8 Å². The number of nitrogens with zero attached hydrogens (tertiary/aromatic N) is 1. The van der Waals surface area contributed by atoms with Gasteiger partial charge in [0.25, 0.3) is 0 Å². The van der Waals surface area contributed by atoms with Crippen molar-refractivity contribution in [2.24, 2.45) is 4.99 Å². The maximum Gasteiger partial charge on any atom is 0.213 e. The van der Waals surface area contributed by atoms with Gasteiger partial charge >= 0.3 is 0 Å². The summed E-state index contributed by atoms with van der Waals surface area (Å²) in [7, 11) is -3.40. The minimum atomic E-state index is -3.40. The molecular formula is C22H28N4O3S. The lowest BCUT2D eigenvalue weighted by atomic mass is 10.1. The van der Waals surface area contributed by atoms with Crippen LogP contribution in [0.5, 0.6) is 0 Å². The second-order valence-corrected chi connectivity index (χ2v) is 8.82. The Bertz CT molecular complexity index is 1090. The van der Waals surface area contributed by atoms with Gasteiger partial charge in [0.2, 0.25) is 10.0 Å². The summed E-state index contributed by atoms with van der Waals surface area (Å²) in [6.07, 6.45) is 0. The predicted octanol–water partition coefficient (Wildman–Crippen LogP) is 2.92. The molecule has 7 nitrogen and oxygen atoms in total. The van der Waals surface area contributed by atoms with Gasteiger partial charge in [0.1, 0.15) is 17.9 Å². The highest BCUT2D eigenvalue weighted by Crippen LogP contribution is 2.25. The molecule has 0 spiro atoms. The molecule has 0 saturated heterocycles. The molecule has 0 aliphatic heterocycles. The first kappa shape index (κ1) is 21.9. The number of hydrogen-bond acceptors (Lipinski definition) is 4. The van der Waals surface area contributed by atoms with Crippen LogP contribution < -0.4 is 15.4 Å². The van der Waals surface area contributed by atoms with Crippen molar-refractivity contribution in [2.45, 2.75) is 26.9 Å². The Hall–Kier alpha value is -2.84. The maximum absolute atomic E-state index is 12.2. The van der Waals surface area contributed by atoms with E-state index in [9.17, 15) is 8.42 Å². The molecule has 3 rings (SSSR count). The average Bonchev–Trinajstić information content (AvgIpc) is 3.07. The summed E-state index contributed by atoms with van der Waals surface area (Å²) in [5, 5.41) is 7.29. The lowest BCUT2D eigenvalue weighted by Gasteiger charge is -2.12. The van der Waals surface area contributed by atoms with E-state index in [4.69, 9.17) is 4.42 Å². The summed E-state index contributed by atoms with van der Waals surface area (Å²) in [6.45, 7) is 5.54. The fourth-order valence-corrected chi connectivity index (χ4v) is 3.94. The number of aryl methyl sites for hydroxylation is 1. The molecule has 0 aliphatic rings. The molecule has 0 atom stereocenters. The van der Waals surface area contributed by atoms with Crippen molar-refractivity contribution in [3.8, 4) is 0 Å². The summed E-state index contributed by atoms with van der Waals surface area (Å²) in [5.74, 6) is 1.30. The maximum atomic E-state index is 12.2. The minimum Gasteiger partial charge on any atom is -0.459 e.